The van der Waals surface area contributed by atoms with Gasteiger partial charge >= 0.3 is 5.97 Å². The SMILES string of the molecule is Cc1cc(C(=O)OCC(=O)c2cc(C)n(C[C@H]3COc4ccccc4O3)c2C)c(C)o1. The highest BCUT2D eigenvalue weighted by Crippen LogP contribution is 2.31. The van der Waals surface area contributed by atoms with E-state index < -0.39 is 5.97 Å². The minimum Gasteiger partial charge on any atom is -0.486 e. The van der Waals surface area contributed by atoms with E-state index in [-0.39, 0.29) is 18.5 Å². The number of esters is 1. The van der Waals surface area contributed by atoms with Crippen molar-refractivity contribution in [2.45, 2.75) is 40.3 Å². The van der Waals surface area contributed by atoms with Gasteiger partial charge in [-0.1, -0.05) is 12.1 Å². The highest BCUT2D eigenvalue weighted by Gasteiger charge is 2.24. The van der Waals surface area contributed by atoms with E-state index in [0.717, 1.165) is 17.1 Å². The Kier molecular flexibility index (Phi) is 5.59. The van der Waals surface area contributed by atoms with Crippen molar-refractivity contribution in [2.24, 2.45) is 0 Å². The van der Waals surface area contributed by atoms with E-state index in [1.54, 1.807) is 19.9 Å². The average molecular weight is 423 g/mol. The van der Waals surface area contributed by atoms with Gasteiger partial charge < -0.3 is 23.2 Å². The summed E-state index contributed by atoms with van der Waals surface area (Å²) >= 11 is 0. The molecule has 0 saturated heterocycles. The highest BCUT2D eigenvalue weighted by atomic mass is 16.6. The number of aromatic nitrogens is 1. The maximum atomic E-state index is 12.7. The number of fused-ring (bicyclic) bond motifs is 1. The lowest BCUT2D eigenvalue weighted by Gasteiger charge is -2.27. The van der Waals surface area contributed by atoms with Crippen LogP contribution in [0.15, 0.2) is 40.8 Å². The monoisotopic (exact) mass is 423 g/mol. The summed E-state index contributed by atoms with van der Waals surface area (Å²) in [4.78, 5) is 25.0. The number of ketones is 1. The second-order valence-corrected chi connectivity index (χ2v) is 7.72. The van der Waals surface area contributed by atoms with E-state index in [4.69, 9.17) is 18.6 Å². The Labute approximate surface area is 180 Å². The first kappa shape index (κ1) is 20.8. The summed E-state index contributed by atoms with van der Waals surface area (Å²) in [5.41, 5.74) is 2.60. The van der Waals surface area contributed by atoms with Crippen LogP contribution in [0.4, 0.5) is 0 Å². The second kappa shape index (κ2) is 8.34. The first-order chi connectivity index (χ1) is 14.8. The Morgan fingerprint density at radius 3 is 2.52 bits per heavy atom. The largest absolute Gasteiger partial charge is 0.486 e. The zero-order valence-electron chi connectivity index (χ0n) is 18.1. The van der Waals surface area contributed by atoms with Crippen molar-refractivity contribution in [3.8, 4) is 11.5 Å². The number of benzene rings is 1. The van der Waals surface area contributed by atoms with Crippen LogP contribution in [-0.2, 0) is 11.3 Å². The van der Waals surface area contributed by atoms with Crippen LogP contribution in [0, 0.1) is 27.7 Å². The molecule has 7 nitrogen and oxygen atoms in total. The lowest BCUT2D eigenvalue weighted by molar-refractivity contribution is 0.0472. The molecule has 1 atom stereocenters. The van der Waals surface area contributed by atoms with Crippen LogP contribution < -0.4 is 9.47 Å². The number of carbonyl (C=O) groups excluding carboxylic acids is 2. The predicted molar refractivity (Wildman–Crippen MR) is 113 cm³/mol. The molecule has 0 saturated carbocycles. The van der Waals surface area contributed by atoms with Gasteiger partial charge in [0.15, 0.2) is 24.2 Å². The van der Waals surface area contributed by atoms with Crippen molar-refractivity contribution >= 4 is 11.8 Å². The van der Waals surface area contributed by atoms with Crippen LogP contribution in [0.25, 0.3) is 0 Å². The third kappa shape index (κ3) is 4.21. The Morgan fingerprint density at radius 1 is 1.06 bits per heavy atom. The molecule has 0 amide bonds. The lowest BCUT2D eigenvalue weighted by atomic mass is 10.1. The Bertz CT molecular complexity index is 1140. The summed E-state index contributed by atoms with van der Waals surface area (Å²) in [5, 5.41) is 0. The molecule has 3 aromatic rings. The van der Waals surface area contributed by atoms with Crippen molar-refractivity contribution in [3.05, 3.63) is 70.4 Å². The van der Waals surface area contributed by atoms with Gasteiger partial charge in [0.25, 0.3) is 0 Å². The molecule has 1 aliphatic rings. The van der Waals surface area contributed by atoms with Crippen LogP contribution in [-0.4, -0.2) is 35.6 Å². The number of hydrogen-bond donors (Lipinski definition) is 0. The molecule has 2 aromatic heterocycles. The molecule has 0 bridgehead atoms. The van der Waals surface area contributed by atoms with Crippen LogP contribution in [0.3, 0.4) is 0 Å². The molecule has 0 spiro atoms. The zero-order valence-corrected chi connectivity index (χ0v) is 18.1. The average Bonchev–Trinajstić information content (AvgIpc) is 3.24. The van der Waals surface area contributed by atoms with Gasteiger partial charge in [-0.2, -0.15) is 0 Å². The lowest BCUT2D eigenvalue weighted by Crippen LogP contribution is -2.33. The normalized spacial score (nSPS) is 15.0. The summed E-state index contributed by atoms with van der Waals surface area (Å²) in [7, 11) is 0. The van der Waals surface area contributed by atoms with Gasteiger partial charge in [0.05, 0.1) is 6.54 Å². The van der Waals surface area contributed by atoms with Crippen LogP contribution in [0.1, 0.15) is 43.6 Å². The van der Waals surface area contributed by atoms with E-state index in [9.17, 15) is 9.59 Å². The Morgan fingerprint density at radius 2 is 1.81 bits per heavy atom. The number of Topliss-reactive ketones (excluding diaryl/α,β-unsaturated/α-hetero) is 1. The van der Waals surface area contributed by atoms with Gasteiger partial charge in [0, 0.05) is 17.0 Å². The van der Waals surface area contributed by atoms with Gasteiger partial charge in [0.1, 0.15) is 23.7 Å². The smallest absolute Gasteiger partial charge is 0.342 e. The molecule has 0 unspecified atom stereocenters. The molecule has 7 heteroatoms. The fraction of sp³-hybridized carbons (Fsp3) is 0.333. The summed E-state index contributed by atoms with van der Waals surface area (Å²) in [6.07, 6.45) is -0.173. The standard InChI is InChI=1S/C24H25NO6/c1-14-9-19(21(26)13-29-24(27)20-10-15(2)30-17(20)4)16(3)25(14)11-18-12-28-22-7-5-6-8-23(22)31-18/h5-10,18H,11-13H2,1-4H3/t18-/m0/s1. The van der Waals surface area contributed by atoms with Crippen molar-refractivity contribution in [3.63, 3.8) is 0 Å². The van der Waals surface area contributed by atoms with Gasteiger partial charge in [-0.05, 0) is 52.0 Å². The fourth-order valence-electron chi connectivity index (χ4n) is 3.84. The van der Waals surface area contributed by atoms with E-state index in [2.05, 4.69) is 0 Å². The minimum absolute atomic E-state index is 0.173. The van der Waals surface area contributed by atoms with E-state index in [1.807, 2.05) is 48.7 Å². The molecule has 31 heavy (non-hydrogen) atoms. The highest BCUT2D eigenvalue weighted by molar-refractivity contribution is 6.00. The molecule has 162 valence electrons. The summed E-state index contributed by atoms with van der Waals surface area (Å²) in [6, 6.07) is 11.0. The van der Waals surface area contributed by atoms with Crippen molar-refractivity contribution in [1.29, 1.82) is 0 Å². The molecule has 0 aliphatic carbocycles. The molecule has 0 fully saturated rings. The Hall–Kier alpha value is -3.48. The van der Waals surface area contributed by atoms with Crippen LogP contribution >= 0.6 is 0 Å². The predicted octanol–water partition coefficient (Wildman–Crippen LogP) is 4.19. The molecule has 3 heterocycles. The first-order valence-corrected chi connectivity index (χ1v) is 10.2. The maximum absolute atomic E-state index is 12.7. The van der Waals surface area contributed by atoms with Crippen LogP contribution in [0.5, 0.6) is 11.5 Å². The summed E-state index contributed by atoms with van der Waals surface area (Å²) in [6.45, 7) is 7.90. The van der Waals surface area contributed by atoms with Gasteiger partial charge in [-0.15, -0.1) is 0 Å². The van der Waals surface area contributed by atoms with E-state index >= 15 is 0 Å². The number of hydrogen-bond acceptors (Lipinski definition) is 6. The number of para-hydroxylation sites is 2. The van der Waals surface area contributed by atoms with Crippen molar-refractivity contribution in [2.75, 3.05) is 13.2 Å². The summed E-state index contributed by atoms with van der Waals surface area (Å²) < 4.78 is 24.4. The number of rotatable bonds is 6. The van der Waals surface area contributed by atoms with E-state index in [0.29, 0.717) is 41.5 Å². The topological polar surface area (TPSA) is 79.9 Å². The number of aryl methyl sites for hydroxylation is 3. The third-order valence-corrected chi connectivity index (χ3v) is 5.42. The number of carbonyl (C=O) groups is 2. The maximum Gasteiger partial charge on any atom is 0.342 e. The number of nitrogens with zero attached hydrogens (tertiary/aromatic N) is 1. The Balaban J connectivity index is 1.42. The third-order valence-electron chi connectivity index (χ3n) is 5.42. The molecular formula is C24H25NO6. The minimum atomic E-state index is -0.567. The van der Waals surface area contributed by atoms with Gasteiger partial charge in [0.2, 0.25) is 5.78 Å². The molecule has 1 aliphatic heterocycles. The summed E-state index contributed by atoms with van der Waals surface area (Å²) in [5.74, 6) is 1.73. The van der Waals surface area contributed by atoms with Crippen LogP contribution in [0.2, 0.25) is 0 Å². The fourth-order valence-corrected chi connectivity index (χ4v) is 3.84. The quantitative estimate of drug-likeness (QED) is 0.437. The van der Waals surface area contributed by atoms with Gasteiger partial charge in [-0.25, -0.2) is 4.79 Å². The first-order valence-electron chi connectivity index (χ1n) is 10.2. The second-order valence-electron chi connectivity index (χ2n) is 7.72. The van der Waals surface area contributed by atoms with Crippen molar-refractivity contribution in [1.82, 2.24) is 4.57 Å². The molecule has 0 radical (unpaired) electrons. The molecular weight excluding hydrogens is 398 g/mol. The zero-order chi connectivity index (χ0) is 22.1. The number of furan rings is 1. The van der Waals surface area contributed by atoms with E-state index in [1.165, 1.54) is 0 Å². The molecule has 4 rings (SSSR count). The number of ether oxygens (including phenoxy) is 3. The molecule has 1 aromatic carbocycles. The van der Waals surface area contributed by atoms with Crippen molar-refractivity contribution < 1.29 is 28.2 Å². The van der Waals surface area contributed by atoms with Gasteiger partial charge in [-0.3, -0.25) is 4.79 Å². The molecule has 0 N–H and O–H groups in total.